The van der Waals surface area contributed by atoms with Gasteiger partial charge in [0.15, 0.2) is 5.82 Å². The smallest absolute Gasteiger partial charge is 0.341 e. The van der Waals surface area contributed by atoms with Gasteiger partial charge in [0.1, 0.15) is 5.56 Å². The monoisotopic (exact) mass is 360 g/mol. The van der Waals surface area contributed by atoms with E-state index in [2.05, 4.69) is 0 Å². The van der Waals surface area contributed by atoms with Gasteiger partial charge in [0.05, 0.1) is 22.3 Å². The summed E-state index contributed by atoms with van der Waals surface area (Å²) in [4.78, 5) is 26.0. The first-order valence-electron chi connectivity index (χ1n) is 8.71. The van der Waals surface area contributed by atoms with Crippen molar-refractivity contribution in [1.29, 1.82) is 0 Å². The number of aromatic carboxylic acids is 1. The number of nitrogens with two attached hydrogens (primary N) is 2. The zero-order valence-electron chi connectivity index (χ0n) is 14.5. The molecule has 2 heterocycles. The van der Waals surface area contributed by atoms with E-state index < -0.39 is 17.2 Å². The van der Waals surface area contributed by atoms with Crippen LogP contribution in [0.2, 0.25) is 0 Å². The van der Waals surface area contributed by atoms with Gasteiger partial charge in [0.2, 0.25) is 5.43 Å². The first-order valence-corrected chi connectivity index (χ1v) is 8.71. The largest absolute Gasteiger partial charge is 0.477 e. The second kappa shape index (κ2) is 5.70. The summed E-state index contributed by atoms with van der Waals surface area (Å²) < 4.78 is 16.9. The molecule has 0 amide bonds. The van der Waals surface area contributed by atoms with E-state index in [0.29, 0.717) is 18.6 Å². The maximum absolute atomic E-state index is 15.2. The Morgan fingerprint density at radius 1 is 1.35 bits per heavy atom. The van der Waals surface area contributed by atoms with Crippen molar-refractivity contribution in [2.75, 3.05) is 23.7 Å². The van der Waals surface area contributed by atoms with Crippen LogP contribution in [0.4, 0.5) is 15.8 Å². The summed E-state index contributed by atoms with van der Waals surface area (Å²) in [5, 5.41) is 9.43. The SMILES string of the molecule is Cc1c(F)c(N2CCC(N)C2)c(N)c2c1c(=O)c(C(=O)O)cn2C1CC1. The van der Waals surface area contributed by atoms with Crippen molar-refractivity contribution in [3.05, 3.63) is 33.4 Å². The summed E-state index contributed by atoms with van der Waals surface area (Å²) in [5.41, 5.74) is 12.2. The van der Waals surface area contributed by atoms with Crippen LogP contribution in [0.1, 0.15) is 41.2 Å². The number of nitrogens with zero attached hydrogens (tertiary/aromatic N) is 2. The van der Waals surface area contributed by atoms with Gasteiger partial charge in [-0.1, -0.05) is 0 Å². The molecule has 2 aromatic rings. The second-order valence-corrected chi connectivity index (χ2v) is 7.24. The predicted molar refractivity (Wildman–Crippen MR) is 97.4 cm³/mol. The van der Waals surface area contributed by atoms with E-state index in [-0.39, 0.29) is 40.0 Å². The lowest BCUT2D eigenvalue weighted by Crippen LogP contribution is -2.29. The molecule has 2 fully saturated rings. The third-order valence-corrected chi connectivity index (χ3v) is 5.37. The van der Waals surface area contributed by atoms with Gasteiger partial charge < -0.3 is 26.0 Å². The van der Waals surface area contributed by atoms with Crippen LogP contribution in [0.5, 0.6) is 0 Å². The van der Waals surface area contributed by atoms with Gasteiger partial charge in [-0.15, -0.1) is 0 Å². The zero-order valence-corrected chi connectivity index (χ0v) is 14.5. The van der Waals surface area contributed by atoms with E-state index in [1.807, 2.05) is 4.90 Å². The lowest BCUT2D eigenvalue weighted by Gasteiger charge is -2.25. The van der Waals surface area contributed by atoms with E-state index in [0.717, 1.165) is 19.3 Å². The summed E-state index contributed by atoms with van der Waals surface area (Å²) in [6.07, 6.45) is 3.83. The molecule has 1 aromatic carbocycles. The second-order valence-electron chi connectivity index (χ2n) is 7.24. The van der Waals surface area contributed by atoms with Gasteiger partial charge >= 0.3 is 5.97 Å². The molecule has 1 atom stereocenters. The fourth-order valence-corrected chi connectivity index (χ4v) is 3.87. The van der Waals surface area contributed by atoms with Crippen LogP contribution < -0.4 is 21.8 Å². The molecular formula is C18H21FN4O3. The van der Waals surface area contributed by atoms with Gasteiger partial charge in [0.25, 0.3) is 0 Å². The van der Waals surface area contributed by atoms with Crippen LogP contribution >= 0.6 is 0 Å². The third-order valence-electron chi connectivity index (χ3n) is 5.37. The highest BCUT2D eigenvalue weighted by Crippen LogP contribution is 2.43. The van der Waals surface area contributed by atoms with Gasteiger partial charge in [-0.25, -0.2) is 9.18 Å². The molecule has 7 nitrogen and oxygen atoms in total. The van der Waals surface area contributed by atoms with E-state index in [1.165, 1.54) is 13.1 Å². The minimum absolute atomic E-state index is 0.0511. The molecule has 4 rings (SSSR count). The third kappa shape index (κ3) is 2.36. The molecule has 2 aliphatic rings. The van der Waals surface area contributed by atoms with E-state index in [1.54, 1.807) is 4.57 Å². The molecule has 1 unspecified atom stereocenters. The molecule has 1 aliphatic carbocycles. The van der Waals surface area contributed by atoms with Crippen molar-refractivity contribution in [3.63, 3.8) is 0 Å². The number of carbonyl (C=O) groups is 1. The summed E-state index contributed by atoms with van der Waals surface area (Å²) >= 11 is 0. The highest BCUT2D eigenvalue weighted by Gasteiger charge is 2.32. The fraction of sp³-hybridized carbons (Fsp3) is 0.444. The number of pyridine rings is 1. The average Bonchev–Trinajstić information content (AvgIpc) is 3.34. The van der Waals surface area contributed by atoms with Crippen molar-refractivity contribution in [1.82, 2.24) is 4.57 Å². The Morgan fingerprint density at radius 3 is 2.58 bits per heavy atom. The minimum Gasteiger partial charge on any atom is -0.477 e. The lowest BCUT2D eigenvalue weighted by molar-refractivity contribution is 0.0695. The van der Waals surface area contributed by atoms with Crippen LogP contribution in [0.15, 0.2) is 11.0 Å². The molecule has 8 heteroatoms. The number of carboxylic acid groups (broad SMARTS) is 1. The minimum atomic E-state index is -1.32. The highest BCUT2D eigenvalue weighted by molar-refractivity contribution is 6.02. The zero-order chi connectivity index (χ0) is 18.7. The normalized spacial score (nSPS) is 20.1. The number of rotatable bonds is 3. The number of benzene rings is 1. The number of aryl methyl sites for hydroxylation is 1. The molecule has 0 radical (unpaired) electrons. The van der Waals surface area contributed by atoms with Gasteiger partial charge in [-0.2, -0.15) is 0 Å². The van der Waals surface area contributed by atoms with Gasteiger partial charge in [-0.05, 0) is 26.2 Å². The Morgan fingerprint density at radius 2 is 2.04 bits per heavy atom. The van der Waals surface area contributed by atoms with Gasteiger partial charge in [-0.3, -0.25) is 4.79 Å². The van der Waals surface area contributed by atoms with Gasteiger partial charge in [0, 0.05) is 36.9 Å². The van der Waals surface area contributed by atoms with E-state index >= 15 is 4.39 Å². The number of hydrogen-bond donors (Lipinski definition) is 3. The van der Waals surface area contributed by atoms with Crippen molar-refractivity contribution in [2.24, 2.45) is 5.73 Å². The molecular weight excluding hydrogens is 339 g/mol. The summed E-state index contributed by atoms with van der Waals surface area (Å²) in [5.74, 6) is -1.90. The van der Waals surface area contributed by atoms with E-state index in [9.17, 15) is 14.7 Å². The molecule has 1 saturated heterocycles. The topological polar surface area (TPSA) is 115 Å². The number of anilines is 2. The van der Waals surface area contributed by atoms with Crippen LogP contribution in [-0.2, 0) is 0 Å². The number of halogens is 1. The molecule has 5 N–H and O–H groups in total. The maximum atomic E-state index is 15.2. The first-order chi connectivity index (χ1) is 12.3. The average molecular weight is 360 g/mol. The standard InChI is InChI=1S/C18H21FN4O3/c1-8-12-15(14(21)16(13(8)19)22-5-4-9(20)6-22)23(10-2-3-10)7-11(17(12)24)18(25)26/h7,9-10H,2-6,20-21H2,1H3,(H,25,26). The number of fused-ring (bicyclic) bond motifs is 1. The Kier molecular flexibility index (Phi) is 3.69. The number of nitrogen functional groups attached to an aromatic ring is 1. The number of aromatic nitrogens is 1. The summed E-state index contributed by atoms with van der Waals surface area (Å²) in [6, 6.07) is 0.0295. The Bertz CT molecular complexity index is 997. The molecule has 0 spiro atoms. The van der Waals surface area contributed by atoms with Crippen molar-refractivity contribution in [3.8, 4) is 0 Å². The number of carboxylic acids is 1. The Balaban J connectivity index is 2.09. The molecule has 138 valence electrons. The summed E-state index contributed by atoms with van der Waals surface area (Å²) in [7, 11) is 0. The Hall–Kier alpha value is -2.61. The highest BCUT2D eigenvalue weighted by atomic mass is 19.1. The van der Waals surface area contributed by atoms with Crippen molar-refractivity contribution < 1.29 is 14.3 Å². The molecule has 1 aromatic heterocycles. The predicted octanol–water partition coefficient (Wildman–Crippen LogP) is 1.60. The molecule has 1 aliphatic heterocycles. The molecule has 1 saturated carbocycles. The van der Waals surface area contributed by atoms with Crippen LogP contribution in [-0.4, -0.2) is 34.8 Å². The van der Waals surface area contributed by atoms with Crippen LogP contribution in [0.25, 0.3) is 10.9 Å². The molecule has 0 bridgehead atoms. The van der Waals surface area contributed by atoms with Crippen molar-refractivity contribution >= 4 is 28.2 Å². The lowest BCUT2D eigenvalue weighted by atomic mass is 10.0. The quantitative estimate of drug-likeness (QED) is 0.716. The maximum Gasteiger partial charge on any atom is 0.341 e. The summed E-state index contributed by atoms with van der Waals surface area (Å²) in [6.45, 7) is 2.59. The van der Waals surface area contributed by atoms with Crippen LogP contribution in [0, 0.1) is 12.7 Å². The Labute approximate surface area is 149 Å². The fourth-order valence-electron chi connectivity index (χ4n) is 3.87. The van der Waals surface area contributed by atoms with E-state index in [4.69, 9.17) is 11.5 Å². The van der Waals surface area contributed by atoms with Crippen LogP contribution in [0.3, 0.4) is 0 Å². The van der Waals surface area contributed by atoms with Crippen molar-refractivity contribution in [2.45, 2.75) is 38.3 Å². The first kappa shape index (κ1) is 16.8. The number of hydrogen-bond acceptors (Lipinski definition) is 5. The molecule has 26 heavy (non-hydrogen) atoms.